The van der Waals surface area contributed by atoms with E-state index < -0.39 is 5.97 Å². The summed E-state index contributed by atoms with van der Waals surface area (Å²) in [5.74, 6) is -1.34. The molecule has 1 N–H and O–H groups in total. The van der Waals surface area contributed by atoms with Crippen molar-refractivity contribution in [1.29, 1.82) is 0 Å². The number of aliphatic carboxylic acids is 1. The number of rotatable bonds is 2. The Morgan fingerprint density at radius 1 is 1.20 bits per heavy atom. The number of carboxylic acids is 1. The first-order chi connectivity index (χ1) is 9.61. The highest BCUT2D eigenvalue weighted by Crippen LogP contribution is 2.45. The molecule has 20 heavy (non-hydrogen) atoms. The van der Waals surface area contributed by atoms with Gasteiger partial charge in [0.1, 0.15) is 5.82 Å². The summed E-state index contributed by atoms with van der Waals surface area (Å²) >= 11 is 0. The van der Waals surface area contributed by atoms with Crippen molar-refractivity contribution < 1.29 is 14.3 Å². The average molecular weight is 268 g/mol. The number of hydrogen-bond donors (Lipinski definition) is 1. The van der Waals surface area contributed by atoms with Crippen molar-refractivity contribution in [1.82, 2.24) is 0 Å². The molecule has 3 rings (SSSR count). The van der Waals surface area contributed by atoms with Crippen LogP contribution in [-0.2, 0) is 11.2 Å². The Labute approximate surface area is 116 Å². The van der Waals surface area contributed by atoms with Gasteiger partial charge in [-0.25, -0.2) is 9.18 Å². The van der Waals surface area contributed by atoms with Crippen LogP contribution in [-0.4, -0.2) is 11.1 Å². The Morgan fingerprint density at radius 3 is 2.70 bits per heavy atom. The minimum atomic E-state index is -1.02. The van der Waals surface area contributed by atoms with E-state index in [-0.39, 0.29) is 5.82 Å². The van der Waals surface area contributed by atoms with Gasteiger partial charge in [0, 0.05) is 11.6 Å². The lowest BCUT2D eigenvalue weighted by molar-refractivity contribution is -0.131. The van der Waals surface area contributed by atoms with Gasteiger partial charge < -0.3 is 5.11 Å². The molecular weight excluding hydrogens is 255 g/mol. The third-order valence-corrected chi connectivity index (χ3v) is 3.62. The molecule has 0 amide bonds. The van der Waals surface area contributed by atoms with Gasteiger partial charge in [0.05, 0.1) is 0 Å². The molecule has 0 atom stereocenters. The van der Waals surface area contributed by atoms with Crippen LogP contribution >= 0.6 is 0 Å². The van der Waals surface area contributed by atoms with E-state index in [2.05, 4.69) is 0 Å². The van der Waals surface area contributed by atoms with Crippen LogP contribution in [0.3, 0.4) is 0 Å². The van der Waals surface area contributed by atoms with Crippen molar-refractivity contribution in [2.45, 2.75) is 13.3 Å². The molecule has 1 aliphatic carbocycles. The first-order valence-electron chi connectivity index (χ1n) is 6.49. The van der Waals surface area contributed by atoms with Crippen LogP contribution in [0.5, 0.6) is 0 Å². The fraction of sp³-hybridized carbons (Fsp3) is 0.118. The number of benzene rings is 2. The molecule has 0 fully saturated rings. The Hall–Kier alpha value is -2.42. The van der Waals surface area contributed by atoms with Gasteiger partial charge in [-0.05, 0) is 40.3 Å². The van der Waals surface area contributed by atoms with E-state index in [4.69, 9.17) is 5.11 Å². The van der Waals surface area contributed by atoms with E-state index in [9.17, 15) is 9.18 Å². The summed E-state index contributed by atoms with van der Waals surface area (Å²) in [5.41, 5.74) is 4.40. The van der Waals surface area contributed by atoms with Crippen LogP contribution in [0.15, 0.2) is 42.5 Å². The number of carbonyl (C=O) groups is 1. The number of carboxylic acid groups (broad SMARTS) is 1. The maximum absolute atomic E-state index is 14.1. The summed E-state index contributed by atoms with van der Waals surface area (Å²) in [6.07, 6.45) is 2.01. The molecule has 0 unspecified atom stereocenters. The Balaban J connectivity index is 2.35. The number of fused-ring (bicyclic) bond motifs is 3. The normalized spacial score (nSPS) is 14.2. The largest absolute Gasteiger partial charge is 0.478 e. The van der Waals surface area contributed by atoms with Gasteiger partial charge in [-0.15, -0.1) is 0 Å². The molecule has 0 saturated heterocycles. The molecule has 0 radical (unpaired) electrons. The highest BCUT2D eigenvalue weighted by atomic mass is 19.1. The quantitative estimate of drug-likeness (QED) is 0.716. The van der Waals surface area contributed by atoms with Crippen LogP contribution in [0.4, 0.5) is 4.39 Å². The molecule has 0 aliphatic heterocycles. The van der Waals surface area contributed by atoms with Crippen LogP contribution in [0.2, 0.25) is 0 Å². The monoisotopic (exact) mass is 268 g/mol. The lowest BCUT2D eigenvalue weighted by Gasteiger charge is -2.04. The predicted octanol–water partition coefficient (Wildman–Crippen LogP) is 3.88. The topological polar surface area (TPSA) is 37.3 Å². The molecule has 0 bridgehead atoms. The standard InChI is InChI=1S/C17H13FO2/c1-2-10-6-7-12-13(8-10)14(9-16(19)20)11-4-3-5-15(18)17(11)12/h3-9H,2H2,1H3,(H,19,20)/b14-9-. The Bertz CT molecular complexity index is 745. The van der Waals surface area contributed by atoms with Crippen molar-refractivity contribution in [2.24, 2.45) is 0 Å². The summed E-state index contributed by atoms with van der Waals surface area (Å²) in [6, 6.07) is 10.6. The summed E-state index contributed by atoms with van der Waals surface area (Å²) < 4.78 is 14.1. The zero-order chi connectivity index (χ0) is 14.3. The van der Waals surface area contributed by atoms with Crippen LogP contribution in [0, 0.1) is 5.82 Å². The van der Waals surface area contributed by atoms with Gasteiger partial charge in [0.15, 0.2) is 0 Å². The van der Waals surface area contributed by atoms with Gasteiger partial charge in [-0.3, -0.25) is 0 Å². The molecule has 3 heteroatoms. The van der Waals surface area contributed by atoms with Crippen molar-refractivity contribution in [3.63, 3.8) is 0 Å². The first kappa shape index (κ1) is 12.6. The Morgan fingerprint density at radius 2 is 2.00 bits per heavy atom. The second-order valence-corrected chi connectivity index (χ2v) is 4.79. The van der Waals surface area contributed by atoms with E-state index in [0.717, 1.165) is 29.2 Å². The SMILES string of the molecule is CCc1ccc2c(c1)/C(=C\C(=O)O)c1cccc(F)c1-2. The summed E-state index contributed by atoms with van der Waals surface area (Å²) in [6.45, 7) is 2.03. The maximum atomic E-state index is 14.1. The fourth-order valence-electron chi connectivity index (χ4n) is 2.70. The molecule has 2 aromatic rings. The maximum Gasteiger partial charge on any atom is 0.328 e. The molecule has 0 aromatic heterocycles. The van der Waals surface area contributed by atoms with Gasteiger partial charge in [0.25, 0.3) is 0 Å². The molecule has 0 heterocycles. The van der Waals surface area contributed by atoms with Crippen molar-refractivity contribution >= 4 is 11.5 Å². The van der Waals surface area contributed by atoms with Crippen LogP contribution in [0.1, 0.15) is 23.6 Å². The lowest BCUT2D eigenvalue weighted by atomic mass is 10.0. The predicted molar refractivity (Wildman–Crippen MR) is 75.9 cm³/mol. The van der Waals surface area contributed by atoms with E-state index in [1.807, 2.05) is 25.1 Å². The van der Waals surface area contributed by atoms with E-state index in [1.165, 1.54) is 6.07 Å². The molecule has 1 aliphatic rings. The summed E-state index contributed by atoms with van der Waals surface area (Å²) in [4.78, 5) is 11.0. The van der Waals surface area contributed by atoms with Crippen molar-refractivity contribution in [3.8, 4) is 11.1 Å². The Kier molecular flexibility index (Phi) is 2.90. The zero-order valence-electron chi connectivity index (χ0n) is 11.0. The van der Waals surface area contributed by atoms with Crippen LogP contribution < -0.4 is 0 Å². The molecular formula is C17H13FO2. The summed E-state index contributed by atoms with van der Waals surface area (Å²) in [7, 11) is 0. The number of aryl methyl sites for hydroxylation is 1. The van der Waals surface area contributed by atoms with Gasteiger partial charge in [-0.2, -0.15) is 0 Å². The van der Waals surface area contributed by atoms with Gasteiger partial charge >= 0.3 is 5.97 Å². The molecule has 2 nitrogen and oxygen atoms in total. The van der Waals surface area contributed by atoms with Gasteiger partial charge in [-0.1, -0.05) is 37.3 Å². The van der Waals surface area contributed by atoms with Crippen LogP contribution in [0.25, 0.3) is 16.7 Å². The summed E-state index contributed by atoms with van der Waals surface area (Å²) in [5, 5.41) is 9.05. The lowest BCUT2D eigenvalue weighted by Crippen LogP contribution is -1.92. The zero-order valence-corrected chi connectivity index (χ0v) is 11.0. The number of hydrogen-bond acceptors (Lipinski definition) is 1. The highest BCUT2D eigenvalue weighted by molar-refractivity contribution is 6.06. The molecule has 0 saturated carbocycles. The smallest absolute Gasteiger partial charge is 0.328 e. The number of halogens is 1. The second kappa shape index (κ2) is 4.60. The molecule has 0 spiro atoms. The molecule has 100 valence electrons. The first-order valence-corrected chi connectivity index (χ1v) is 6.49. The minimum Gasteiger partial charge on any atom is -0.478 e. The van der Waals surface area contributed by atoms with Gasteiger partial charge in [0.2, 0.25) is 0 Å². The third kappa shape index (κ3) is 1.83. The van der Waals surface area contributed by atoms with Crippen molar-refractivity contribution in [3.05, 3.63) is 65.0 Å². The molecule has 2 aromatic carbocycles. The van der Waals surface area contributed by atoms with Crippen molar-refractivity contribution in [2.75, 3.05) is 0 Å². The third-order valence-electron chi connectivity index (χ3n) is 3.62. The average Bonchev–Trinajstić information content (AvgIpc) is 2.73. The second-order valence-electron chi connectivity index (χ2n) is 4.79. The fourth-order valence-corrected chi connectivity index (χ4v) is 2.70. The van der Waals surface area contributed by atoms with E-state index in [1.54, 1.807) is 12.1 Å². The minimum absolute atomic E-state index is 0.318. The highest BCUT2D eigenvalue weighted by Gasteiger charge is 2.26. The van der Waals surface area contributed by atoms with E-state index >= 15 is 0 Å². The van der Waals surface area contributed by atoms with E-state index in [0.29, 0.717) is 16.7 Å².